The normalized spacial score (nSPS) is 13.5. The molecule has 1 fully saturated rings. The van der Waals surface area contributed by atoms with E-state index in [9.17, 15) is 24.8 Å². The number of ketones is 1. The molecule has 1 aliphatic heterocycles. The fourth-order valence-electron chi connectivity index (χ4n) is 5.66. The fourth-order valence-corrected chi connectivity index (χ4v) is 5.66. The Morgan fingerprint density at radius 1 is 1.02 bits per heavy atom. The zero-order valence-electron chi connectivity index (χ0n) is 22.7. The number of anilines is 1. The van der Waals surface area contributed by atoms with E-state index in [-0.39, 0.29) is 17.2 Å². The first-order valence-electron chi connectivity index (χ1n) is 13.8. The molecule has 0 bridgehead atoms. The van der Waals surface area contributed by atoms with Gasteiger partial charge in [-0.25, -0.2) is 9.78 Å². The molecule has 0 amide bonds. The molecule has 1 saturated heterocycles. The van der Waals surface area contributed by atoms with Crippen LogP contribution in [0.25, 0.3) is 32.8 Å². The number of aromatic carboxylic acids is 1. The van der Waals surface area contributed by atoms with Gasteiger partial charge >= 0.3 is 5.97 Å². The molecular weight excluding hydrogens is 536 g/mol. The number of nitrogens with zero attached hydrogens (tertiary/aromatic N) is 3. The first-order valence-corrected chi connectivity index (χ1v) is 13.8. The maximum Gasteiger partial charge on any atom is 0.352 e. The van der Waals surface area contributed by atoms with Gasteiger partial charge in [0, 0.05) is 53.9 Å². The monoisotopic (exact) mass is 564 g/mol. The second-order valence-electron chi connectivity index (χ2n) is 10.3. The first kappa shape index (κ1) is 26.9. The maximum atomic E-state index is 12.3. The zero-order valence-corrected chi connectivity index (χ0v) is 22.7. The number of piperidine rings is 1. The average molecular weight is 565 g/mol. The van der Waals surface area contributed by atoms with Gasteiger partial charge < -0.3 is 19.7 Å². The van der Waals surface area contributed by atoms with Crippen LogP contribution in [0.4, 0.5) is 11.5 Å². The van der Waals surface area contributed by atoms with Crippen molar-refractivity contribution in [1.29, 1.82) is 0 Å². The summed E-state index contributed by atoms with van der Waals surface area (Å²) in [5.74, 6) is 0.380. The molecule has 1 aliphatic rings. The second-order valence-corrected chi connectivity index (χ2v) is 10.3. The number of aromatic amines is 1. The molecule has 3 heterocycles. The van der Waals surface area contributed by atoms with Gasteiger partial charge in [0.05, 0.1) is 17.0 Å². The fraction of sp³-hybridized carbons (Fsp3) is 0.219. The molecule has 0 saturated carbocycles. The van der Waals surface area contributed by atoms with Gasteiger partial charge in [-0.05, 0) is 29.9 Å². The van der Waals surface area contributed by atoms with Crippen LogP contribution in [0.15, 0.2) is 72.9 Å². The number of fused-ring (bicyclic) bond motifs is 2. The minimum atomic E-state index is -1.09. The van der Waals surface area contributed by atoms with E-state index < -0.39 is 10.9 Å². The largest absolute Gasteiger partial charge is 0.493 e. The molecule has 0 aliphatic carbocycles. The summed E-state index contributed by atoms with van der Waals surface area (Å²) < 4.78 is 6.09. The van der Waals surface area contributed by atoms with Gasteiger partial charge in [0.2, 0.25) is 0 Å². The van der Waals surface area contributed by atoms with Crippen LogP contribution in [-0.2, 0) is 11.2 Å². The summed E-state index contributed by atoms with van der Waals surface area (Å²) in [5.41, 5.74) is 2.23. The van der Waals surface area contributed by atoms with Crippen LogP contribution >= 0.6 is 0 Å². The van der Waals surface area contributed by atoms with Gasteiger partial charge in [0.15, 0.2) is 0 Å². The molecule has 5 aromatic rings. The molecule has 0 atom stereocenters. The smallest absolute Gasteiger partial charge is 0.352 e. The van der Waals surface area contributed by atoms with Crippen molar-refractivity contribution >= 4 is 44.9 Å². The predicted molar refractivity (Wildman–Crippen MR) is 159 cm³/mol. The maximum absolute atomic E-state index is 12.3. The predicted octanol–water partition coefficient (Wildman–Crippen LogP) is 6.17. The van der Waals surface area contributed by atoms with Crippen LogP contribution in [0.5, 0.6) is 5.75 Å². The number of carboxylic acids is 1. The van der Waals surface area contributed by atoms with E-state index in [4.69, 9.17) is 4.74 Å². The van der Waals surface area contributed by atoms with E-state index >= 15 is 0 Å². The van der Waals surface area contributed by atoms with Gasteiger partial charge in [-0.1, -0.05) is 54.6 Å². The number of carbonyl (C=O) groups excluding carboxylic acids is 1. The average Bonchev–Trinajstić information content (AvgIpc) is 3.38. The number of Topliss-reactive ketones (excluding diaryl/α,β-unsaturated/α-hetero) is 1. The van der Waals surface area contributed by atoms with Crippen molar-refractivity contribution in [2.24, 2.45) is 0 Å². The molecule has 0 radical (unpaired) electrons. The molecule has 3 aromatic carbocycles. The van der Waals surface area contributed by atoms with E-state index in [1.807, 2.05) is 59.5 Å². The summed E-state index contributed by atoms with van der Waals surface area (Å²) in [6.07, 6.45) is 2.99. The summed E-state index contributed by atoms with van der Waals surface area (Å²) >= 11 is 0. The lowest BCUT2D eigenvalue weighted by Crippen LogP contribution is -2.34. The molecule has 0 unspecified atom stereocenters. The van der Waals surface area contributed by atoms with Crippen molar-refractivity contribution in [2.75, 3.05) is 24.6 Å². The minimum absolute atomic E-state index is 0.0751. The lowest BCUT2D eigenvalue weighted by atomic mass is 9.99. The Kier molecular flexibility index (Phi) is 7.26. The van der Waals surface area contributed by atoms with E-state index in [0.29, 0.717) is 73.4 Å². The summed E-state index contributed by atoms with van der Waals surface area (Å²) in [6.45, 7) is 1.31. The Labute approximate surface area is 240 Å². The van der Waals surface area contributed by atoms with Crippen LogP contribution in [0.1, 0.15) is 35.3 Å². The number of benzene rings is 3. The number of nitro groups is 1. The topological polar surface area (TPSA) is 139 Å². The summed E-state index contributed by atoms with van der Waals surface area (Å²) in [7, 11) is 0. The number of nitrogens with one attached hydrogen (secondary N) is 1. The molecule has 0 spiro atoms. The number of H-pyrrole nitrogens is 1. The number of rotatable bonds is 9. The van der Waals surface area contributed by atoms with E-state index in [1.54, 1.807) is 6.07 Å². The number of aryl methyl sites for hydroxylation is 1. The SMILES string of the molecule is O=C1CCN(c2ncc([N+](=O)[O-])cc2-c2cccc3c(CCCOc4cccc5ccccc45)c(C(=O)O)[nH]c23)CC1. The van der Waals surface area contributed by atoms with Crippen molar-refractivity contribution in [1.82, 2.24) is 9.97 Å². The number of hydrogen-bond acceptors (Lipinski definition) is 7. The highest BCUT2D eigenvalue weighted by molar-refractivity contribution is 6.04. The lowest BCUT2D eigenvalue weighted by molar-refractivity contribution is -0.385. The molecule has 10 nitrogen and oxygen atoms in total. The number of ether oxygens (including phenoxy) is 1. The standard InChI is InChI=1S/C32H28N4O6/c37-22-13-15-35(16-14-22)31-27(18-21(19-33-31)36(40)41)26-10-4-9-24-25(30(32(38)39)34-29(24)26)11-5-17-42-28-12-3-7-20-6-1-2-8-23(20)28/h1-4,6-10,12,18-19,34H,5,11,13-17H2,(H,38,39). The van der Waals surface area contributed by atoms with E-state index in [2.05, 4.69) is 9.97 Å². The molecule has 2 N–H and O–H groups in total. The van der Waals surface area contributed by atoms with Gasteiger partial charge in [-0.2, -0.15) is 0 Å². The van der Waals surface area contributed by atoms with Crippen molar-refractivity contribution in [3.63, 3.8) is 0 Å². The van der Waals surface area contributed by atoms with Gasteiger partial charge in [-0.15, -0.1) is 0 Å². The quantitative estimate of drug-likeness (QED) is 0.123. The highest BCUT2D eigenvalue weighted by atomic mass is 16.6. The third kappa shape index (κ3) is 5.14. The van der Waals surface area contributed by atoms with Crippen molar-refractivity contribution in [3.8, 4) is 16.9 Å². The van der Waals surface area contributed by atoms with Crippen molar-refractivity contribution in [3.05, 3.63) is 94.3 Å². The van der Waals surface area contributed by atoms with Gasteiger partial charge in [0.1, 0.15) is 29.2 Å². The molecule has 2 aromatic heterocycles. The Bertz CT molecular complexity index is 1830. The minimum Gasteiger partial charge on any atom is -0.493 e. The number of carbonyl (C=O) groups is 2. The third-order valence-electron chi connectivity index (χ3n) is 7.71. The number of carboxylic acid groups (broad SMARTS) is 1. The van der Waals surface area contributed by atoms with Crippen LogP contribution < -0.4 is 9.64 Å². The number of aromatic nitrogens is 2. The molecule has 212 valence electrons. The van der Waals surface area contributed by atoms with Crippen molar-refractivity contribution in [2.45, 2.75) is 25.7 Å². The lowest BCUT2D eigenvalue weighted by Gasteiger charge is -2.28. The molecule has 10 heteroatoms. The van der Waals surface area contributed by atoms with Crippen LogP contribution in [-0.4, -0.2) is 51.4 Å². The molecule has 42 heavy (non-hydrogen) atoms. The highest BCUT2D eigenvalue weighted by Gasteiger charge is 2.25. The zero-order chi connectivity index (χ0) is 29.2. The van der Waals surface area contributed by atoms with Gasteiger partial charge in [0.25, 0.3) is 5.69 Å². The Hall–Kier alpha value is -5.25. The summed E-state index contributed by atoms with van der Waals surface area (Å²) in [4.78, 5) is 44.8. The first-order chi connectivity index (χ1) is 20.4. The van der Waals surface area contributed by atoms with Crippen LogP contribution in [0.2, 0.25) is 0 Å². The number of hydrogen-bond donors (Lipinski definition) is 2. The number of pyridine rings is 1. The molecule has 6 rings (SSSR count). The van der Waals surface area contributed by atoms with Crippen LogP contribution in [0.3, 0.4) is 0 Å². The highest BCUT2D eigenvalue weighted by Crippen LogP contribution is 2.39. The summed E-state index contributed by atoms with van der Waals surface area (Å²) in [5, 5.41) is 24.6. The van der Waals surface area contributed by atoms with Gasteiger partial charge in [-0.3, -0.25) is 14.9 Å². The summed E-state index contributed by atoms with van der Waals surface area (Å²) in [6, 6.07) is 20.8. The van der Waals surface area contributed by atoms with Crippen molar-refractivity contribution < 1.29 is 24.4 Å². The Balaban J connectivity index is 1.34. The van der Waals surface area contributed by atoms with E-state index in [0.717, 1.165) is 21.9 Å². The third-order valence-corrected chi connectivity index (χ3v) is 7.71. The molecular formula is C32H28N4O6. The Morgan fingerprint density at radius 2 is 1.76 bits per heavy atom. The number of para-hydroxylation sites is 1. The second kappa shape index (κ2) is 11.3. The van der Waals surface area contributed by atoms with Crippen LogP contribution in [0, 0.1) is 10.1 Å². The van der Waals surface area contributed by atoms with E-state index in [1.165, 1.54) is 12.3 Å². The Morgan fingerprint density at radius 3 is 2.55 bits per heavy atom.